The Hall–Kier alpha value is -3.00. The summed E-state index contributed by atoms with van der Waals surface area (Å²) >= 11 is 7.84. The predicted octanol–water partition coefficient (Wildman–Crippen LogP) is 4.20. The molecule has 2 aromatic carbocycles. The standard InChI is InChI=1S/C27H27ClN2O4S/c1-16(2)19-11-9-18(10-12-19)15-22-25(31)30-24(20-7-5-6-8-21(20)28)23(17(3)29-27(30)35-22)26(32)34-14-13-33-4/h5-12,15-16,24H,13-14H2,1-4H3/b22-15-. The molecule has 0 N–H and O–H groups in total. The van der Waals surface area contributed by atoms with Gasteiger partial charge in [-0.25, -0.2) is 9.79 Å². The van der Waals surface area contributed by atoms with Crippen molar-refractivity contribution in [2.24, 2.45) is 4.99 Å². The number of carbonyl (C=O) groups is 1. The largest absolute Gasteiger partial charge is 0.460 e. The maximum Gasteiger partial charge on any atom is 0.338 e. The summed E-state index contributed by atoms with van der Waals surface area (Å²) in [6, 6.07) is 14.6. The molecule has 35 heavy (non-hydrogen) atoms. The van der Waals surface area contributed by atoms with Gasteiger partial charge in [-0.1, -0.05) is 79.2 Å². The first-order valence-corrected chi connectivity index (χ1v) is 12.5. The van der Waals surface area contributed by atoms with Gasteiger partial charge in [-0.15, -0.1) is 0 Å². The van der Waals surface area contributed by atoms with Crippen molar-refractivity contribution >= 4 is 35.0 Å². The van der Waals surface area contributed by atoms with Crippen molar-refractivity contribution in [3.05, 3.63) is 101 Å². The molecular weight excluding hydrogens is 484 g/mol. The summed E-state index contributed by atoms with van der Waals surface area (Å²) in [6.07, 6.45) is 1.85. The number of halogens is 1. The van der Waals surface area contributed by atoms with E-state index in [2.05, 4.69) is 31.0 Å². The van der Waals surface area contributed by atoms with Gasteiger partial charge < -0.3 is 9.47 Å². The molecule has 1 aliphatic rings. The van der Waals surface area contributed by atoms with Gasteiger partial charge in [-0.2, -0.15) is 0 Å². The fraction of sp³-hybridized carbons (Fsp3) is 0.296. The average Bonchev–Trinajstić information content (AvgIpc) is 3.13. The lowest BCUT2D eigenvalue weighted by Gasteiger charge is -2.25. The van der Waals surface area contributed by atoms with Crippen LogP contribution in [0.4, 0.5) is 0 Å². The van der Waals surface area contributed by atoms with Crippen LogP contribution in [-0.4, -0.2) is 30.9 Å². The number of esters is 1. The molecule has 0 fully saturated rings. The fourth-order valence-corrected chi connectivity index (χ4v) is 5.28. The molecule has 1 unspecified atom stereocenters. The second-order valence-electron chi connectivity index (χ2n) is 8.55. The maximum atomic E-state index is 13.7. The highest BCUT2D eigenvalue weighted by atomic mass is 35.5. The zero-order valence-corrected chi connectivity index (χ0v) is 21.7. The lowest BCUT2D eigenvalue weighted by Crippen LogP contribution is -2.40. The Kier molecular flexibility index (Phi) is 7.69. The number of hydrogen-bond donors (Lipinski definition) is 0. The van der Waals surface area contributed by atoms with Crippen LogP contribution in [0.2, 0.25) is 5.02 Å². The van der Waals surface area contributed by atoms with E-state index in [0.717, 1.165) is 5.56 Å². The van der Waals surface area contributed by atoms with E-state index in [4.69, 9.17) is 21.1 Å². The van der Waals surface area contributed by atoms with Gasteiger partial charge in [0.2, 0.25) is 0 Å². The Morgan fingerprint density at radius 2 is 1.89 bits per heavy atom. The summed E-state index contributed by atoms with van der Waals surface area (Å²) < 4.78 is 12.5. The van der Waals surface area contributed by atoms with E-state index in [1.165, 1.54) is 24.0 Å². The SMILES string of the molecule is COCCOC(=O)C1=C(C)N=c2s/c(=C\c3ccc(C(C)C)cc3)c(=O)n2C1c1ccccc1Cl. The van der Waals surface area contributed by atoms with Crippen molar-refractivity contribution in [2.75, 3.05) is 20.3 Å². The molecule has 1 aromatic heterocycles. The second-order valence-corrected chi connectivity index (χ2v) is 9.97. The van der Waals surface area contributed by atoms with Crippen LogP contribution in [0.3, 0.4) is 0 Å². The minimum Gasteiger partial charge on any atom is -0.460 e. The molecule has 0 radical (unpaired) electrons. The number of allylic oxidation sites excluding steroid dienone is 1. The van der Waals surface area contributed by atoms with Crippen molar-refractivity contribution in [3.8, 4) is 0 Å². The van der Waals surface area contributed by atoms with Gasteiger partial charge in [-0.05, 0) is 41.7 Å². The number of fused-ring (bicyclic) bond motifs is 1. The molecule has 0 saturated carbocycles. The Bertz CT molecular complexity index is 1450. The van der Waals surface area contributed by atoms with Crippen LogP contribution >= 0.6 is 22.9 Å². The van der Waals surface area contributed by atoms with E-state index in [-0.39, 0.29) is 24.3 Å². The fourth-order valence-electron chi connectivity index (χ4n) is 4.00. The topological polar surface area (TPSA) is 69.9 Å². The van der Waals surface area contributed by atoms with Crippen molar-refractivity contribution in [1.82, 2.24) is 4.57 Å². The summed E-state index contributed by atoms with van der Waals surface area (Å²) in [5.74, 6) is -0.123. The van der Waals surface area contributed by atoms with Gasteiger partial charge in [0.25, 0.3) is 5.56 Å². The maximum absolute atomic E-state index is 13.7. The van der Waals surface area contributed by atoms with Crippen LogP contribution in [0.25, 0.3) is 6.08 Å². The minimum atomic E-state index is -0.750. The van der Waals surface area contributed by atoms with Crippen LogP contribution in [0.15, 0.2) is 69.6 Å². The van der Waals surface area contributed by atoms with Crippen LogP contribution in [0, 0.1) is 0 Å². The van der Waals surface area contributed by atoms with E-state index >= 15 is 0 Å². The van der Waals surface area contributed by atoms with Crippen molar-refractivity contribution in [1.29, 1.82) is 0 Å². The molecule has 0 aliphatic carbocycles. The average molecular weight is 511 g/mol. The summed E-state index contributed by atoms with van der Waals surface area (Å²) in [6.45, 7) is 6.39. The highest BCUT2D eigenvalue weighted by Gasteiger charge is 2.34. The van der Waals surface area contributed by atoms with Crippen molar-refractivity contribution in [2.45, 2.75) is 32.7 Å². The minimum absolute atomic E-state index is 0.0954. The van der Waals surface area contributed by atoms with Gasteiger partial charge in [0, 0.05) is 12.1 Å². The molecule has 8 heteroatoms. The number of benzene rings is 2. The first-order chi connectivity index (χ1) is 16.8. The van der Waals surface area contributed by atoms with E-state index in [0.29, 0.717) is 31.5 Å². The van der Waals surface area contributed by atoms with Crippen LogP contribution in [0.1, 0.15) is 49.4 Å². The number of carbonyl (C=O) groups excluding carboxylic acids is 1. The summed E-state index contributed by atoms with van der Waals surface area (Å²) in [7, 11) is 1.53. The number of ether oxygens (including phenoxy) is 2. The quantitative estimate of drug-likeness (QED) is 0.353. The van der Waals surface area contributed by atoms with Gasteiger partial charge in [0.1, 0.15) is 12.6 Å². The molecule has 1 aliphatic heterocycles. The van der Waals surface area contributed by atoms with Gasteiger partial charge >= 0.3 is 5.97 Å². The Morgan fingerprint density at radius 3 is 2.54 bits per heavy atom. The number of aromatic nitrogens is 1. The van der Waals surface area contributed by atoms with E-state index in [9.17, 15) is 9.59 Å². The Balaban J connectivity index is 1.86. The highest BCUT2D eigenvalue weighted by molar-refractivity contribution is 7.07. The molecule has 2 heterocycles. The summed E-state index contributed by atoms with van der Waals surface area (Å²) in [5, 5.41) is 0.452. The smallest absolute Gasteiger partial charge is 0.338 e. The van der Waals surface area contributed by atoms with Gasteiger partial charge in [0.15, 0.2) is 4.80 Å². The third-order valence-electron chi connectivity index (χ3n) is 5.86. The molecule has 1 atom stereocenters. The Labute approximate surface area is 212 Å². The molecule has 0 spiro atoms. The molecule has 0 saturated heterocycles. The number of nitrogens with zero attached hydrogens (tertiary/aromatic N) is 2. The summed E-state index contributed by atoms with van der Waals surface area (Å²) in [4.78, 5) is 31.9. The Morgan fingerprint density at radius 1 is 1.17 bits per heavy atom. The van der Waals surface area contributed by atoms with Crippen LogP contribution in [0.5, 0.6) is 0 Å². The first-order valence-electron chi connectivity index (χ1n) is 11.3. The number of rotatable bonds is 7. The van der Waals surface area contributed by atoms with Crippen LogP contribution < -0.4 is 14.9 Å². The molecule has 3 aromatic rings. The van der Waals surface area contributed by atoms with Crippen molar-refractivity contribution < 1.29 is 14.3 Å². The van der Waals surface area contributed by atoms with Gasteiger partial charge in [-0.3, -0.25) is 9.36 Å². The van der Waals surface area contributed by atoms with E-state index < -0.39 is 12.0 Å². The first kappa shape index (κ1) is 25.1. The van der Waals surface area contributed by atoms with Gasteiger partial charge in [0.05, 0.1) is 22.4 Å². The molecule has 0 amide bonds. The number of hydrogen-bond acceptors (Lipinski definition) is 6. The zero-order valence-electron chi connectivity index (χ0n) is 20.1. The second kappa shape index (κ2) is 10.7. The zero-order chi connectivity index (χ0) is 25.1. The predicted molar refractivity (Wildman–Crippen MR) is 139 cm³/mol. The highest BCUT2D eigenvalue weighted by Crippen LogP contribution is 2.34. The van der Waals surface area contributed by atoms with E-state index in [1.54, 1.807) is 17.6 Å². The molecule has 0 bridgehead atoms. The lowest BCUT2D eigenvalue weighted by atomic mass is 9.96. The normalized spacial score (nSPS) is 15.8. The molecular formula is C27H27ClN2O4S. The van der Waals surface area contributed by atoms with Crippen molar-refractivity contribution in [3.63, 3.8) is 0 Å². The lowest BCUT2D eigenvalue weighted by molar-refractivity contribution is -0.140. The third kappa shape index (κ3) is 5.17. The van der Waals surface area contributed by atoms with Crippen LogP contribution in [-0.2, 0) is 14.3 Å². The summed E-state index contributed by atoms with van der Waals surface area (Å²) in [5.41, 5.74) is 3.33. The monoisotopic (exact) mass is 510 g/mol. The molecule has 182 valence electrons. The third-order valence-corrected chi connectivity index (χ3v) is 7.19. The van der Waals surface area contributed by atoms with E-state index in [1.807, 2.05) is 36.4 Å². The molecule has 4 rings (SSSR count). The molecule has 6 nitrogen and oxygen atoms in total. The number of thiazole rings is 1. The number of methoxy groups -OCH3 is 1.